The van der Waals surface area contributed by atoms with Crippen molar-refractivity contribution in [2.75, 3.05) is 6.61 Å². The highest BCUT2D eigenvalue weighted by Gasteiger charge is 2.23. The second-order valence-electron chi connectivity index (χ2n) is 6.82. The van der Waals surface area contributed by atoms with Gasteiger partial charge >= 0.3 is 0 Å². The van der Waals surface area contributed by atoms with Crippen LogP contribution in [-0.4, -0.2) is 33.7 Å². The van der Waals surface area contributed by atoms with Gasteiger partial charge in [0, 0.05) is 17.7 Å². The molecule has 0 fully saturated rings. The van der Waals surface area contributed by atoms with Crippen molar-refractivity contribution < 1.29 is 24.7 Å². The number of aliphatic hydroxyl groups is 2. The van der Waals surface area contributed by atoms with Crippen LogP contribution in [0.3, 0.4) is 0 Å². The maximum atomic E-state index is 12.7. The number of nitriles is 1. The van der Waals surface area contributed by atoms with E-state index < -0.39 is 29.6 Å². The van der Waals surface area contributed by atoms with Crippen LogP contribution in [0.25, 0.3) is 0 Å². The molecule has 0 unspecified atom stereocenters. The number of rotatable bonds is 8. The normalized spacial score (nSPS) is 12.3. The van der Waals surface area contributed by atoms with Crippen LogP contribution < -0.4 is 10.1 Å². The molecule has 0 aromatic heterocycles. The summed E-state index contributed by atoms with van der Waals surface area (Å²) in [5.74, 6) is 0.331. The van der Waals surface area contributed by atoms with Crippen LogP contribution in [-0.2, 0) is 0 Å². The Kier molecular flexibility index (Phi) is 7.13. The fourth-order valence-electron chi connectivity index (χ4n) is 2.94. The third kappa shape index (κ3) is 5.46. The van der Waals surface area contributed by atoms with Crippen LogP contribution in [0, 0.1) is 21.4 Å². The number of amides is 1. The molecule has 32 heavy (non-hydrogen) atoms. The Bertz CT molecular complexity index is 1140. The zero-order chi connectivity index (χ0) is 23.1. The van der Waals surface area contributed by atoms with E-state index >= 15 is 0 Å². The molecule has 9 nitrogen and oxygen atoms in total. The van der Waals surface area contributed by atoms with Crippen molar-refractivity contribution in [3.63, 3.8) is 0 Å². The zero-order valence-electron chi connectivity index (χ0n) is 16.7. The Labute approximate surface area is 183 Å². The summed E-state index contributed by atoms with van der Waals surface area (Å²) in [7, 11) is 0. The van der Waals surface area contributed by atoms with Crippen LogP contribution >= 0.6 is 0 Å². The molecule has 3 aromatic carbocycles. The first kappa shape index (κ1) is 22.4. The van der Waals surface area contributed by atoms with Gasteiger partial charge in [-0.15, -0.1) is 0 Å². The third-order valence-corrected chi connectivity index (χ3v) is 4.66. The van der Waals surface area contributed by atoms with Crippen LogP contribution in [0.4, 0.5) is 5.69 Å². The molecular weight excluding hydrogens is 414 g/mol. The number of non-ortho nitro benzene ring substituents is 1. The molecule has 0 aliphatic carbocycles. The van der Waals surface area contributed by atoms with Crippen LogP contribution in [0.15, 0.2) is 72.8 Å². The van der Waals surface area contributed by atoms with Gasteiger partial charge in [-0.2, -0.15) is 5.26 Å². The molecule has 0 aliphatic rings. The Hall–Kier alpha value is -4.26. The largest absolute Gasteiger partial charge is 0.457 e. The standard InChI is InChI=1S/C23H19N3O6/c24-13-15-4-10-19(11-5-15)32-20-3-1-2-17(12-20)23(29)25-21(14-27)22(28)16-6-8-18(9-7-16)26(30)31/h1-12,21-22,27-28H,14H2,(H,25,29)/t21-,22+/m0/s1. The van der Waals surface area contributed by atoms with Crippen molar-refractivity contribution >= 4 is 11.6 Å². The van der Waals surface area contributed by atoms with Gasteiger partial charge in [0.1, 0.15) is 17.6 Å². The highest BCUT2D eigenvalue weighted by Crippen LogP contribution is 2.24. The lowest BCUT2D eigenvalue weighted by atomic mass is 10.0. The summed E-state index contributed by atoms with van der Waals surface area (Å²) in [6.07, 6.45) is -1.28. The summed E-state index contributed by atoms with van der Waals surface area (Å²) in [6.45, 7) is -0.550. The predicted octanol–water partition coefficient (Wildman–Crippen LogP) is 3.08. The van der Waals surface area contributed by atoms with E-state index in [-0.39, 0.29) is 11.3 Å². The number of nitro benzene ring substituents is 1. The number of nitrogens with one attached hydrogen (secondary N) is 1. The van der Waals surface area contributed by atoms with E-state index in [1.54, 1.807) is 42.5 Å². The van der Waals surface area contributed by atoms with Gasteiger partial charge in [0.05, 0.1) is 29.2 Å². The Morgan fingerprint density at radius 3 is 2.38 bits per heavy atom. The molecule has 0 saturated heterocycles. The Morgan fingerprint density at radius 1 is 1.09 bits per heavy atom. The number of carbonyl (C=O) groups excluding carboxylic acids is 1. The van der Waals surface area contributed by atoms with Gasteiger partial charge in [0.25, 0.3) is 11.6 Å². The van der Waals surface area contributed by atoms with Gasteiger partial charge in [-0.1, -0.05) is 6.07 Å². The van der Waals surface area contributed by atoms with Gasteiger partial charge in [-0.3, -0.25) is 14.9 Å². The smallest absolute Gasteiger partial charge is 0.269 e. The van der Waals surface area contributed by atoms with E-state index in [1.165, 1.54) is 30.3 Å². The fourth-order valence-corrected chi connectivity index (χ4v) is 2.94. The summed E-state index contributed by atoms with van der Waals surface area (Å²) in [4.78, 5) is 22.9. The van der Waals surface area contributed by atoms with Gasteiger partial charge in [0.2, 0.25) is 0 Å². The van der Waals surface area contributed by atoms with Crippen LogP contribution in [0.5, 0.6) is 11.5 Å². The molecule has 3 aromatic rings. The van der Waals surface area contributed by atoms with Gasteiger partial charge in [0.15, 0.2) is 0 Å². The second-order valence-corrected chi connectivity index (χ2v) is 6.82. The molecule has 0 aliphatic heterocycles. The highest BCUT2D eigenvalue weighted by molar-refractivity contribution is 5.94. The lowest BCUT2D eigenvalue weighted by Gasteiger charge is -2.22. The minimum absolute atomic E-state index is 0.135. The molecule has 9 heteroatoms. The molecule has 0 heterocycles. The lowest BCUT2D eigenvalue weighted by Crippen LogP contribution is -2.41. The third-order valence-electron chi connectivity index (χ3n) is 4.66. The quantitative estimate of drug-likeness (QED) is 0.365. The van der Waals surface area contributed by atoms with Crippen molar-refractivity contribution in [3.8, 4) is 17.6 Å². The summed E-state index contributed by atoms with van der Waals surface area (Å²) < 4.78 is 5.70. The van der Waals surface area contributed by atoms with Crippen LogP contribution in [0.2, 0.25) is 0 Å². The van der Waals surface area contributed by atoms with E-state index in [0.29, 0.717) is 22.6 Å². The van der Waals surface area contributed by atoms with E-state index in [1.807, 2.05) is 6.07 Å². The SMILES string of the molecule is N#Cc1ccc(Oc2cccc(C(=O)N[C@@H](CO)[C@H](O)c3ccc([N+](=O)[O-])cc3)c2)cc1. The number of hydrogen-bond acceptors (Lipinski definition) is 7. The molecule has 3 rings (SSSR count). The maximum Gasteiger partial charge on any atom is 0.269 e. The first-order valence-corrected chi connectivity index (χ1v) is 9.53. The number of benzene rings is 3. The zero-order valence-corrected chi connectivity index (χ0v) is 16.7. The molecule has 1 amide bonds. The van der Waals surface area contributed by atoms with E-state index in [4.69, 9.17) is 10.00 Å². The molecule has 0 radical (unpaired) electrons. The van der Waals surface area contributed by atoms with Crippen molar-refractivity contribution in [3.05, 3.63) is 99.6 Å². The van der Waals surface area contributed by atoms with E-state index in [9.17, 15) is 25.1 Å². The summed E-state index contributed by atoms with van der Waals surface area (Å²) in [6, 6.07) is 19.0. The lowest BCUT2D eigenvalue weighted by molar-refractivity contribution is -0.384. The fraction of sp³-hybridized carbons (Fsp3) is 0.130. The number of ether oxygens (including phenoxy) is 1. The minimum Gasteiger partial charge on any atom is -0.457 e. The van der Waals surface area contributed by atoms with E-state index in [0.717, 1.165) is 0 Å². The molecule has 0 saturated carbocycles. The molecule has 162 valence electrons. The van der Waals surface area contributed by atoms with Crippen molar-refractivity contribution in [2.24, 2.45) is 0 Å². The number of carbonyl (C=O) groups is 1. The summed E-state index contributed by atoms with van der Waals surface area (Å²) in [5.41, 5.74) is 0.912. The first-order chi connectivity index (χ1) is 15.4. The second kappa shape index (κ2) is 10.2. The highest BCUT2D eigenvalue weighted by atomic mass is 16.6. The van der Waals surface area contributed by atoms with E-state index in [2.05, 4.69) is 5.32 Å². The Balaban J connectivity index is 1.69. The number of hydrogen-bond donors (Lipinski definition) is 3. The summed E-state index contributed by atoms with van der Waals surface area (Å²) >= 11 is 0. The molecule has 2 atom stereocenters. The monoisotopic (exact) mass is 433 g/mol. The minimum atomic E-state index is -1.28. The molecular formula is C23H19N3O6. The number of nitrogens with zero attached hydrogens (tertiary/aromatic N) is 2. The summed E-state index contributed by atoms with van der Waals surface area (Å²) in [5, 5.41) is 42.3. The van der Waals surface area contributed by atoms with Crippen LogP contribution in [0.1, 0.15) is 27.6 Å². The predicted molar refractivity (Wildman–Crippen MR) is 114 cm³/mol. The first-order valence-electron chi connectivity index (χ1n) is 9.53. The molecule has 0 spiro atoms. The topological polar surface area (TPSA) is 146 Å². The molecule has 3 N–H and O–H groups in total. The average molecular weight is 433 g/mol. The van der Waals surface area contributed by atoms with Gasteiger partial charge < -0.3 is 20.3 Å². The van der Waals surface area contributed by atoms with Crippen molar-refractivity contribution in [1.82, 2.24) is 5.32 Å². The van der Waals surface area contributed by atoms with Crippen molar-refractivity contribution in [2.45, 2.75) is 12.1 Å². The average Bonchev–Trinajstić information content (AvgIpc) is 2.82. The van der Waals surface area contributed by atoms with Gasteiger partial charge in [-0.25, -0.2) is 0 Å². The Morgan fingerprint density at radius 2 is 1.78 bits per heavy atom. The number of aliphatic hydroxyl groups excluding tert-OH is 2. The van der Waals surface area contributed by atoms with Crippen molar-refractivity contribution in [1.29, 1.82) is 5.26 Å². The number of nitro groups is 1. The maximum absolute atomic E-state index is 12.7. The molecule has 0 bridgehead atoms. The van der Waals surface area contributed by atoms with Gasteiger partial charge in [-0.05, 0) is 60.2 Å².